The summed E-state index contributed by atoms with van der Waals surface area (Å²) in [7, 11) is 0. The number of nitrogens with zero attached hydrogens (tertiary/aromatic N) is 2. The monoisotopic (exact) mass is 326 g/mol. The van der Waals surface area contributed by atoms with Gasteiger partial charge in [-0.05, 0) is 18.2 Å². The summed E-state index contributed by atoms with van der Waals surface area (Å²) in [6, 6.07) is 3.35. The Bertz CT molecular complexity index is 649. The van der Waals surface area contributed by atoms with Gasteiger partial charge in [0.05, 0.1) is 5.56 Å². The van der Waals surface area contributed by atoms with Gasteiger partial charge < -0.3 is 4.74 Å². The van der Waals surface area contributed by atoms with Crippen LogP contribution in [0.15, 0.2) is 24.3 Å². The van der Waals surface area contributed by atoms with Crippen LogP contribution in [0.1, 0.15) is 5.56 Å². The highest BCUT2D eigenvalue weighted by Crippen LogP contribution is 2.36. The first-order valence-electron chi connectivity index (χ1n) is 5.00. The number of alkyl halides is 3. The Kier molecular flexibility index (Phi) is 4.01. The van der Waals surface area contributed by atoms with Crippen LogP contribution in [-0.2, 0) is 6.18 Å². The van der Waals surface area contributed by atoms with Crippen LogP contribution in [-0.4, -0.2) is 10.2 Å². The molecule has 0 unspecified atom stereocenters. The predicted molar refractivity (Wildman–Crippen MR) is 63.5 cm³/mol. The largest absolute Gasteiger partial charge is 0.454 e. The third-order valence-electron chi connectivity index (χ3n) is 2.16. The van der Waals surface area contributed by atoms with Gasteiger partial charge in [-0.3, -0.25) is 0 Å². The van der Waals surface area contributed by atoms with E-state index in [1.54, 1.807) is 0 Å². The molecule has 9 heteroatoms. The molecule has 1 aromatic carbocycles. The standard InChI is InChI=1S/C11H4Cl2F4N2O/c12-9-4-8(10(13)19-18-9)20-5-1-2-7(14)6(3-5)11(15,16)17/h1-4H. The predicted octanol–water partition coefficient (Wildman–Crippen LogP) is 4.73. The molecule has 0 radical (unpaired) electrons. The van der Waals surface area contributed by atoms with Crippen LogP contribution < -0.4 is 4.74 Å². The van der Waals surface area contributed by atoms with Gasteiger partial charge in [0.25, 0.3) is 0 Å². The van der Waals surface area contributed by atoms with E-state index in [4.69, 9.17) is 27.9 Å². The molecule has 0 aliphatic rings. The van der Waals surface area contributed by atoms with Gasteiger partial charge >= 0.3 is 6.18 Å². The molecule has 20 heavy (non-hydrogen) atoms. The number of benzene rings is 1. The summed E-state index contributed by atoms with van der Waals surface area (Å²) in [5.41, 5.74) is -1.45. The van der Waals surface area contributed by atoms with Gasteiger partial charge in [0.1, 0.15) is 11.6 Å². The second kappa shape index (κ2) is 5.41. The third kappa shape index (κ3) is 3.29. The smallest absolute Gasteiger partial charge is 0.419 e. The quantitative estimate of drug-likeness (QED) is 0.748. The molecule has 0 saturated carbocycles. The van der Waals surface area contributed by atoms with Gasteiger partial charge in [-0.2, -0.15) is 13.2 Å². The number of ether oxygens (including phenoxy) is 1. The zero-order valence-corrected chi connectivity index (χ0v) is 10.9. The molecule has 2 rings (SSSR count). The van der Waals surface area contributed by atoms with Crippen molar-refractivity contribution in [1.29, 1.82) is 0 Å². The lowest BCUT2D eigenvalue weighted by Gasteiger charge is -2.11. The lowest BCUT2D eigenvalue weighted by atomic mass is 10.2. The molecule has 0 aliphatic carbocycles. The van der Waals surface area contributed by atoms with Crippen LogP contribution in [0.2, 0.25) is 10.3 Å². The van der Waals surface area contributed by atoms with E-state index in [9.17, 15) is 17.6 Å². The van der Waals surface area contributed by atoms with Crippen molar-refractivity contribution < 1.29 is 22.3 Å². The number of hydrogen-bond acceptors (Lipinski definition) is 3. The molecular formula is C11H4Cl2F4N2O. The highest BCUT2D eigenvalue weighted by atomic mass is 35.5. The topological polar surface area (TPSA) is 35.0 Å². The normalized spacial score (nSPS) is 11.5. The van der Waals surface area contributed by atoms with Crippen molar-refractivity contribution in [3.05, 3.63) is 46.0 Å². The number of halogens is 6. The van der Waals surface area contributed by atoms with Crippen LogP contribution in [0.3, 0.4) is 0 Å². The highest BCUT2D eigenvalue weighted by Gasteiger charge is 2.34. The summed E-state index contributed by atoms with van der Waals surface area (Å²) in [5, 5.41) is 6.60. The lowest BCUT2D eigenvalue weighted by molar-refractivity contribution is -0.140. The molecule has 0 spiro atoms. The maximum Gasteiger partial charge on any atom is 0.419 e. The first kappa shape index (κ1) is 14.8. The Hall–Kier alpha value is -1.60. The Morgan fingerprint density at radius 1 is 1.05 bits per heavy atom. The van der Waals surface area contributed by atoms with Gasteiger partial charge in [-0.25, -0.2) is 4.39 Å². The van der Waals surface area contributed by atoms with E-state index in [1.807, 2.05) is 0 Å². The molecule has 0 atom stereocenters. The van der Waals surface area contributed by atoms with Crippen molar-refractivity contribution in [3.8, 4) is 11.5 Å². The Labute approximate surface area is 120 Å². The maximum atomic E-state index is 13.1. The zero-order chi connectivity index (χ0) is 14.9. The van der Waals surface area contributed by atoms with Crippen molar-refractivity contribution in [1.82, 2.24) is 10.2 Å². The fourth-order valence-corrected chi connectivity index (χ4v) is 1.59. The molecule has 0 amide bonds. The summed E-state index contributed by atoms with van der Waals surface area (Å²) in [6.45, 7) is 0. The minimum Gasteiger partial charge on any atom is -0.454 e. The first-order valence-corrected chi connectivity index (χ1v) is 5.76. The maximum absolute atomic E-state index is 13.1. The van der Waals surface area contributed by atoms with E-state index in [-0.39, 0.29) is 21.8 Å². The molecule has 2 aromatic rings. The first-order chi connectivity index (χ1) is 9.27. The molecule has 106 valence electrons. The van der Waals surface area contributed by atoms with Crippen LogP contribution in [0.25, 0.3) is 0 Å². The van der Waals surface area contributed by atoms with Crippen molar-refractivity contribution in [3.63, 3.8) is 0 Å². The van der Waals surface area contributed by atoms with E-state index in [0.717, 1.165) is 6.07 Å². The number of rotatable bonds is 2. The van der Waals surface area contributed by atoms with Crippen molar-refractivity contribution in [2.75, 3.05) is 0 Å². The van der Waals surface area contributed by atoms with E-state index >= 15 is 0 Å². The highest BCUT2D eigenvalue weighted by molar-refractivity contribution is 6.32. The van der Waals surface area contributed by atoms with E-state index in [2.05, 4.69) is 10.2 Å². The fraction of sp³-hybridized carbons (Fsp3) is 0.0909. The Morgan fingerprint density at radius 2 is 1.75 bits per heavy atom. The van der Waals surface area contributed by atoms with E-state index in [0.29, 0.717) is 12.1 Å². The average molecular weight is 327 g/mol. The Morgan fingerprint density at radius 3 is 2.40 bits per heavy atom. The lowest BCUT2D eigenvalue weighted by Crippen LogP contribution is -2.08. The van der Waals surface area contributed by atoms with Crippen LogP contribution >= 0.6 is 23.2 Å². The van der Waals surface area contributed by atoms with Gasteiger partial charge in [0.15, 0.2) is 16.1 Å². The third-order valence-corrected chi connectivity index (χ3v) is 2.60. The fourth-order valence-electron chi connectivity index (χ4n) is 1.32. The summed E-state index contributed by atoms with van der Waals surface area (Å²) in [6.07, 6.45) is -4.83. The van der Waals surface area contributed by atoms with Crippen molar-refractivity contribution in [2.45, 2.75) is 6.18 Å². The Balaban J connectivity index is 2.37. The summed E-state index contributed by atoms with van der Waals surface area (Å²) in [5.74, 6) is -1.75. The minimum absolute atomic E-state index is 0.0532. The van der Waals surface area contributed by atoms with Gasteiger partial charge in [0.2, 0.25) is 0 Å². The summed E-state index contributed by atoms with van der Waals surface area (Å²) in [4.78, 5) is 0. The average Bonchev–Trinajstić information content (AvgIpc) is 2.35. The van der Waals surface area contributed by atoms with Crippen LogP contribution in [0.4, 0.5) is 17.6 Å². The van der Waals surface area contributed by atoms with Crippen LogP contribution in [0.5, 0.6) is 11.5 Å². The van der Waals surface area contributed by atoms with E-state index < -0.39 is 17.6 Å². The van der Waals surface area contributed by atoms with Gasteiger partial charge in [0, 0.05) is 6.07 Å². The molecule has 1 aromatic heterocycles. The molecule has 0 N–H and O–H groups in total. The minimum atomic E-state index is -4.83. The second-order valence-electron chi connectivity index (χ2n) is 3.56. The summed E-state index contributed by atoms with van der Waals surface area (Å²) < 4.78 is 55.8. The van der Waals surface area contributed by atoms with Crippen molar-refractivity contribution in [2.24, 2.45) is 0 Å². The SMILES string of the molecule is Fc1ccc(Oc2cc(Cl)nnc2Cl)cc1C(F)(F)F. The second-order valence-corrected chi connectivity index (χ2v) is 4.31. The van der Waals surface area contributed by atoms with Crippen molar-refractivity contribution >= 4 is 23.2 Å². The molecule has 1 heterocycles. The van der Waals surface area contributed by atoms with Crippen LogP contribution in [0, 0.1) is 5.82 Å². The summed E-state index contributed by atoms with van der Waals surface area (Å²) >= 11 is 11.2. The number of hydrogen-bond donors (Lipinski definition) is 0. The molecular weight excluding hydrogens is 323 g/mol. The van der Waals surface area contributed by atoms with Gasteiger partial charge in [-0.15, -0.1) is 10.2 Å². The molecule has 3 nitrogen and oxygen atoms in total. The van der Waals surface area contributed by atoms with Gasteiger partial charge in [-0.1, -0.05) is 23.2 Å². The number of aromatic nitrogens is 2. The molecule has 0 saturated heterocycles. The molecule has 0 aliphatic heterocycles. The zero-order valence-electron chi connectivity index (χ0n) is 9.38. The molecule has 0 fully saturated rings. The molecule has 0 bridgehead atoms. The van der Waals surface area contributed by atoms with E-state index in [1.165, 1.54) is 6.07 Å².